The normalized spacial score (nSPS) is 11.4. The van der Waals surface area contributed by atoms with Crippen LogP contribution in [0.4, 0.5) is 0 Å². The van der Waals surface area contributed by atoms with E-state index in [9.17, 15) is 9.59 Å². The lowest BCUT2D eigenvalue weighted by Gasteiger charge is -2.14. The highest BCUT2D eigenvalue weighted by Gasteiger charge is 2.11. The Balaban J connectivity index is 1.76. The zero-order valence-corrected chi connectivity index (χ0v) is 20.9. The molecule has 32 heavy (non-hydrogen) atoms. The van der Waals surface area contributed by atoms with Crippen molar-refractivity contribution in [3.05, 3.63) is 58.1 Å². The van der Waals surface area contributed by atoms with Crippen molar-refractivity contribution in [2.45, 2.75) is 46.1 Å². The third kappa shape index (κ3) is 8.12. The summed E-state index contributed by atoms with van der Waals surface area (Å²) in [6, 6.07) is 12.5. The van der Waals surface area contributed by atoms with E-state index in [1.54, 1.807) is 24.3 Å². The molecule has 0 aromatic heterocycles. The predicted octanol–water partition coefficient (Wildman–Crippen LogP) is 4.46. The third-order valence-corrected chi connectivity index (χ3v) is 5.38. The van der Waals surface area contributed by atoms with Gasteiger partial charge in [-0.15, -0.1) is 0 Å². The lowest BCUT2D eigenvalue weighted by atomic mass is 10.0. The zero-order valence-electron chi connectivity index (χ0n) is 18.5. The van der Waals surface area contributed by atoms with Gasteiger partial charge in [0.1, 0.15) is 11.5 Å². The van der Waals surface area contributed by atoms with E-state index < -0.39 is 11.8 Å². The molecule has 0 saturated carbocycles. The molecule has 7 nitrogen and oxygen atoms in total. The molecule has 0 aliphatic heterocycles. The minimum atomic E-state index is -0.451. The summed E-state index contributed by atoms with van der Waals surface area (Å²) < 4.78 is 12.0. The van der Waals surface area contributed by atoms with Gasteiger partial charge in [0.05, 0.1) is 10.6 Å². The topological polar surface area (TPSA) is 88.7 Å². The standard InChI is InChI=1S/C23H28BrN3O4S/c1-5-15(4)31-18-9-6-16(7-10-18)22(29)25-23(32)27-26-21(28)13-30-20-11-8-17(14(2)3)12-19(20)24/h6-12,14-15H,5,13H2,1-4H3,(H,26,28)(H2,25,27,29,32). The summed E-state index contributed by atoms with van der Waals surface area (Å²) in [6.07, 6.45) is 0.986. The van der Waals surface area contributed by atoms with Crippen molar-refractivity contribution in [2.24, 2.45) is 0 Å². The van der Waals surface area contributed by atoms with Crippen LogP contribution in [0.25, 0.3) is 0 Å². The minimum Gasteiger partial charge on any atom is -0.491 e. The van der Waals surface area contributed by atoms with Crippen LogP contribution in [-0.4, -0.2) is 29.6 Å². The van der Waals surface area contributed by atoms with Crippen molar-refractivity contribution in [3.63, 3.8) is 0 Å². The highest BCUT2D eigenvalue weighted by Crippen LogP contribution is 2.28. The van der Waals surface area contributed by atoms with Gasteiger partial charge in [0.15, 0.2) is 11.7 Å². The van der Waals surface area contributed by atoms with E-state index in [4.69, 9.17) is 21.7 Å². The van der Waals surface area contributed by atoms with Crippen LogP contribution in [0.2, 0.25) is 0 Å². The molecule has 9 heteroatoms. The predicted molar refractivity (Wildman–Crippen MR) is 132 cm³/mol. The molecule has 0 radical (unpaired) electrons. The van der Waals surface area contributed by atoms with Gasteiger partial charge in [-0.05, 0) is 89.4 Å². The first-order valence-electron chi connectivity index (χ1n) is 10.3. The van der Waals surface area contributed by atoms with E-state index in [0.29, 0.717) is 23.0 Å². The number of ether oxygens (including phenoxy) is 2. The number of hydrazine groups is 1. The van der Waals surface area contributed by atoms with E-state index in [1.165, 1.54) is 0 Å². The summed E-state index contributed by atoms with van der Waals surface area (Å²) >= 11 is 8.50. The largest absolute Gasteiger partial charge is 0.491 e. The van der Waals surface area contributed by atoms with Crippen LogP contribution in [0.15, 0.2) is 46.9 Å². The SMILES string of the molecule is CCC(C)Oc1ccc(C(=O)NC(=S)NNC(=O)COc2ccc(C(C)C)cc2Br)cc1. The van der Waals surface area contributed by atoms with Gasteiger partial charge in [0, 0.05) is 5.56 Å². The molecule has 0 saturated heterocycles. The quantitative estimate of drug-likeness (QED) is 0.351. The van der Waals surface area contributed by atoms with Gasteiger partial charge < -0.3 is 9.47 Å². The molecule has 0 aliphatic rings. The Morgan fingerprint density at radius 3 is 2.34 bits per heavy atom. The molecule has 172 valence electrons. The number of carbonyl (C=O) groups excluding carboxylic acids is 2. The molecular formula is C23H28BrN3O4S. The maximum atomic E-state index is 12.3. The summed E-state index contributed by atoms with van der Waals surface area (Å²) in [4.78, 5) is 24.3. The Labute approximate surface area is 202 Å². The molecule has 2 amide bonds. The number of halogens is 1. The summed E-state index contributed by atoms with van der Waals surface area (Å²) in [5, 5.41) is 2.46. The maximum absolute atomic E-state index is 12.3. The van der Waals surface area contributed by atoms with Crippen LogP contribution in [-0.2, 0) is 4.79 Å². The molecule has 2 aromatic rings. The fraction of sp³-hybridized carbons (Fsp3) is 0.348. The van der Waals surface area contributed by atoms with Gasteiger partial charge in [0.25, 0.3) is 11.8 Å². The van der Waals surface area contributed by atoms with Crippen LogP contribution in [0, 0.1) is 0 Å². The van der Waals surface area contributed by atoms with Crippen molar-refractivity contribution >= 4 is 45.1 Å². The molecule has 2 rings (SSSR count). The van der Waals surface area contributed by atoms with Gasteiger partial charge in [-0.2, -0.15) is 0 Å². The number of nitrogens with one attached hydrogen (secondary N) is 3. The summed E-state index contributed by atoms with van der Waals surface area (Å²) in [6.45, 7) is 7.99. The zero-order chi connectivity index (χ0) is 23.7. The average molecular weight is 522 g/mol. The van der Waals surface area contributed by atoms with Gasteiger partial charge in [-0.1, -0.05) is 26.8 Å². The third-order valence-electron chi connectivity index (χ3n) is 4.55. The first-order valence-corrected chi connectivity index (χ1v) is 11.5. The maximum Gasteiger partial charge on any atom is 0.276 e. The number of thiocarbonyl (C=S) groups is 1. The lowest BCUT2D eigenvalue weighted by molar-refractivity contribution is -0.123. The highest BCUT2D eigenvalue weighted by molar-refractivity contribution is 9.10. The van der Waals surface area contributed by atoms with Crippen LogP contribution < -0.4 is 25.6 Å². The smallest absolute Gasteiger partial charge is 0.276 e. The summed E-state index contributed by atoms with van der Waals surface area (Å²) in [7, 11) is 0. The Morgan fingerprint density at radius 1 is 1.06 bits per heavy atom. The van der Waals surface area contributed by atoms with Gasteiger partial charge >= 0.3 is 0 Å². The monoisotopic (exact) mass is 521 g/mol. The van der Waals surface area contributed by atoms with E-state index in [1.807, 2.05) is 32.0 Å². The Bertz CT molecular complexity index is 951. The summed E-state index contributed by atoms with van der Waals surface area (Å²) in [5.41, 5.74) is 6.45. The fourth-order valence-electron chi connectivity index (χ4n) is 2.51. The number of hydrogen-bond donors (Lipinski definition) is 3. The molecule has 1 atom stereocenters. The van der Waals surface area contributed by atoms with Crippen molar-refractivity contribution in [1.29, 1.82) is 0 Å². The van der Waals surface area contributed by atoms with Gasteiger partial charge in [0.2, 0.25) is 0 Å². The molecule has 3 N–H and O–H groups in total. The lowest BCUT2D eigenvalue weighted by Crippen LogP contribution is -2.49. The van der Waals surface area contributed by atoms with Crippen molar-refractivity contribution in [1.82, 2.24) is 16.2 Å². The molecule has 2 aromatic carbocycles. The number of hydrogen-bond acceptors (Lipinski definition) is 5. The molecule has 0 bridgehead atoms. The van der Waals surface area contributed by atoms with Crippen molar-refractivity contribution in [3.8, 4) is 11.5 Å². The Hall–Kier alpha value is -2.65. The number of amides is 2. The molecule has 0 spiro atoms. The second-order valence-electron chi connectivity index (χ2n) is 7.45. The second-order valence-corrected chi connectivity index (χ2v) is 8.71. The van der Waals surface area contributed by atoms with Crippen LogP contribution in [0.1, 0.15) is 56.0 Å². The van der Waals surface area contributed by atoms with Crippen LogP contribution in [0.3, 0.4) is 0 Å². The molecule has 0 fully saturated rings. The van der Waals surface area contributed by atoms with Crippen molar-refractivity contribution in [2.75, 3.05) is 6.61 Å². The number of benzene rings is 2. The molecule has 0 heterocycles. The molecular weight excluding hydrogens is 494 g/mol. The van der Waals surface area contributed by atoms with Gasteiger partial charge in [-0.3, -0.25) is 25.8 Å². The van der Waals surface area contributed by atoms with E-state index >= 15 is 0 Å². The highest BCUT2D eigenvalue weighted by atomic mass is 79.9. The average Bonchev–Trinajstić information content (AvgIpc) is 2.77. The van der Waals surface area contributed by atoms with E-state index in [2.05, 4.69) is 45.9 Å². The minimum absolute atomic E-state index is 0.0363. The molecule has 0 aliphatic carbocycles. The summed E-state index contributed by atoms with van der Waals surface area (Å²) in [5.74, 6) is 0.779. The number of rotatable bonds is 8. The number of carbonyl (C=O) groups is 2. The fourth-order valence-corrected chi connectivity index (χ4v) is 3.16. The van der Waals surface area contributed by atoms with Crippen LogP contribution in [0.5, 0.6) is 11.5 Å². The van der Waals surface area contributed by atoms with Gasteiger partial charge in [-0.25, -0.2) is 0 Å². The van der Waals surface area contributed by atoms with Crippen LogP contribution >= 0.6 is 28.1 Å². The van der Waals surface area contributed by atoms with E-state index in [0.717, 1.165) is 16.5 Å². The van der Waals surface area contributed by atoms with Crippen molar-refractivity contribution < 1.29 is 19.1 Å². The second kappa shape index (κ2) is 12.4. The first kappa shape index (κ1) is 25.6. The Morgan fingerprint density at radius 2 is 1.75 bits per heavy atom. The Kier molecular flexibility index (Phi) is 9.93. The first-order chi connectivity index (χ1) is 15.2. The molecule has 1 unspecified atom stereocenters. The van der Waals surface area contributed by atoms with E-state index in [-0.39, 0.29) is 17.8 Å².